The van der Waals surface area contributed by atoms with Gasteiger partial charge in [-0.2, -0.15) is 0 Å². The maximum Gasteiger partial charge on any atom is 0.338 e. The first-order valence-electron chi connectivity index (χ1n) is 8.50. The van der Waals surface area contributed by atoms with Gasteiger partial charge in [0, 0.05) is 12.6 Å². The zero-order valence-electron chi connectivity index (χ0n) is 14.4. The number of carbonyl (C=O) groups excluding carboxylic acids is 1. The molecule has 0 saturated heterocycles. The molecule has 3 N–H and O–H groups in total. The summed E-state index contributed by atoms with van der Waals surface area (Å²) in [6.07, 6.45) is 6.77. The van der Waals surface area contributed by atoms with E-state index in [1.165, 1.54) is 39.2 Å². The van der Waals surface area contributed by atoms with Crippen molar-refractivity contribution >= 4 is 17.3 Å². The summed E-state index contributed by atoms with van der Waals surface area (Å²) in [5, 5.41) is 5.56. The molecule has 4 nitrogen and oxygen atoms in total. The van der Waals surface area contributed by atoms with Crippen LogP contribution in [0.1, 0.15) is 56.3 Å². The van der Waals surface area contributed by atoms with Crippen LogP contribution in [0.5, 0.6) is 0 Å². The second-order valence-electron chi connectivity index (χ2n) is 5.47. The molecule has 1 aromatic carbocycles. The molecule has 1 saturated carbocycles. The lowest BCUT2D eigenvalue weighted by Gasteiger charge is -2.22. The number of hydrogen-bond acceptors (Lipinski definition) is 3. The van der Waals surface area contributed by atoms with Gasteiger partial charge in [-0.3, -0.25) is 0 Å². The average Bonchev–Trinajstić information content (AvgIpc) is 2.61. The van der Waals surface area contributed by atoms with Crippen LogP contribution >= 0.6 is 0 Å². The van der Waals surface area contributed by atoms with Crippen molar-refractivity contribution in [1.82, 2.24) is 0 Å². The molecule has 0 aromatic heterocycles. The molecular formula is C18H31N2O2+. The smallest absolute Gasteiger partial charge is 0.338 e. The number of esters is 1. The van der Waals surface area contributed by atoms with Crippen molar-refractivity contribution in [3.8, 4) is 0 Å². The number of benzene rings is 1. The molecule has 1 fully saturated rings. The lowest BCUT2D eigenvalue weighted by atomic mass is 9.89. The summed E-state index contributed by atoms with van der Waals surface area (Å²) in [4.78, 5) is 11.5. The number of carbonyl (C=O) groups is 1. The van der Waals surface area contributed by atoms with Gasteiger partial charge in [0.2, 0.25) is 0 Å². The number of methoxy groups -OCH3 is 1. The van der Waals surface area contributed by atoms with E-state index in [9.17, 15) is 4.79 Å². The predicted molar refractivity (Wildman–Crippen MR) is 91.7 cm³/mol. The van der Waals surface area contributed by atoms with Crippen molar-refractivity contribution in [1.29, 1.82) is 0 Å². The molecule has 0 amide bonds. The van der Waals surface area contributed by atoms with E-state index in [-0.39, 0.29) is 5.97 Å². The summed E-state index contributed by atoms with van der Waals surface area (Å²) in [5.41, 5.74) is 2.76. The fourth-order valence-electron chi connectivity index (χ4n) is 2.85. The van der Waals surface area contributed by atoms with Crippen molar-refractivity contribution in [3.05, 3.63) is 23.8 Å². The van der Waals surface area contributed by atoms with Crippen LogP contribution in [0.3, 0.4) is 0 Å². The molecule has 0 heterocycles. The minimum atomic E-state index is -0.285. The van der Waals surface area contributed by atoms with Crippen molar-refractivity contribution in [3.63, 3.8) is 0 Å². The lowest BCUT2D eigenvalue weighted by Crippen LogP contribution is -2.73. The third kappa shape index (κ3) is 5.34. The van der Waals surface area contributed by atoms with Gasteiger partial charge in [-0.05, 0) is 30.9 Å². The summed E-state index contributed by atoms with van der Waals surface area (Å²) in [6.45, 7) is 5.03. The van der Waals surface area contributed by atoms with Gasteiger partial charge in [-0.15, -0.1) is 0 Å². The number of rotatable bonds is 5. The van der Waals surface area contributed by atoms with Gasteiger partial charge >= 0.3 is 5.97 Å². The highest BCUT2D eigenvalue weighted by atomic mass is 16.5. The van der Waals surface area contributed by atoms with E-state index in [0.29, 0.717) is 5.56 Å². The van der Waals surface area contributed by atoms with Gasteiger partial charge in [0.1, 0.15) is 0 Å². The van der Waals surface area contributed by atoms with Crippen LogP contribution in [-0.2, 0) is 4.74 Å². The predicted octanol–water partition coefficient (Wildman–Crippen LogP) is 3.32. The number of nitrogens with two attached hydrogens (primary N) is 1. The Labute approximate surface area is 134 Å². The second-order valence-corrected chi connectivity index (χ2v) is 5.47. The van der Waals surface area contributed by atoms with Crippen LogP contribution in [0, 0.1) is 5.92 Å². The zero-order valence-corrected chi connectivity index (χ0v) is 14.4. The highest BCUT2D eigenvalue weighted by molar-refractivity contribution is 5.91. The quantitative estimate of drug-likeness (QED) is 0.648. The topological polar surface area (TPSA) is 54.9 Å². The number of hydrogen-bond donors (Lipinski definition) is 2. The van der Waals surface area contributed by atoms with Crippen LogP contribution in [0.2, 0.25) is 0 Å². The van der Waals surface area contributed by atoms with Crippen molar-refractivity contribution in [2.75, 3.05) is 26.0 Å². The minimum absolute atomic E-state index is 0.285. The van der Waals surface area contributed by atoms with E-state index in [4.69, 9.17) is 4.74 Å². The van der Waals surface area contributed by atoms with Gasteiger partial charge in [0.15, 0.2) is 5.69 Å². The van der Waals surface area contributed by atoms with Crippen LogP contribution < -0.4 is 10.6 Å². The maximum atomic E-state index is 11.5. The van der Waals surface area contributed by atoms with Gasteiger partial charge in [-0.1, -0.05) is 33.1 Å². The molecule has 0 radical (unpaired) electrons. The Morgan fingerprint density at radius 2 is 1.95 bits per heavy atom. The van der Waals surface area contributed by atoms with E-state index in [0.717, 1.165) is 23.8 Å². The summed E-state index contributed by atoms with van der Waals surface area (Å²) >= 11 is 0. The second kappa shape index (κ2) is 10.2. The number of nitrogens with one attached hydrogen (secondary N) is 1. The molecule has 1 aliphatic rings. The van der Waals surface area contributed by atoms with Crippen molar-refractivity contribution in [2.24, 2.45) is 5.92 Å². The summed E-state index contributed by atoms with van der Waals surface area (Å²) < 4.78 is 4.76. The molecule has 1 aliphatic carbocycles. The SMILES string of the molecule is CC.C[NH2+]c1cc(C(=O)OC)ccc1NCC1CCCCC1. The van der Waals surface area contributed by atoms with Crippen molar-refractivity contribution in [2.45, 2.75) is 46.0 Å². The molecule has 0 aliphatic heterocycles. The third-order valence-electron chi connectivity index (χ3n) is 4.09. The molecular weight excluding hydrogens is 276 g/mol. The first-order chi connectivity index (χ1) is 10.7. The largest absolute Gasteiger partial charge is 0.465 e. The minimum Gasteiger partial charge on any atom is -0.465 e. The molecule has 4 heteroatoms. The van der Waals surface area contributed by atoms with Gasteiger partial charge in [-0.25, -0.2) is 4.79 Å². The Bertz CT molecular complexity index is 454. The highest BCUT2D eigenvalue weighted by Gasteiger charge is 2.15. The fourth-order valence-corrected chi connectivity index (χ4v) is 2.85. The van der Waals surface area contributed by atoms with Gasteiger partial charge in [0.05, 0.1) is 25.4 Å². The molecule has 0 unspecified atom stereocenters. The molecule has 124 valence electrons. The molecule has 0 spiro atoms. The molecule has 0 bridgehead atoms. The van der Waals surface area contributed by atoms with Gasteiger partial charge < -0.3 is 15.4 Å². The van der Waals surface area contributed by atoms with Crippen molar-refractivity contribution < 1.29 is 14.8 Å². The average molecular weight is 307 g/mol. The van der Waals surface area contributed by atoms with E-state index in [1.54, 1.807) is 0 Å². The monoisotopic (exact) mass is 307 g/mol. The molecule has 0 atom stereocenters. The number of ether oxygens (including phenoxy) is 1. The van der Waals surface area contributed by atoms with E-state index in [1.807, 2.05) is 44.4 Å². The van der Waals surface area contributed by atoms with Crippen LogP contribution in [0.25, 0.3) is 0 Å². The third-order valence-corrected chi connectivity index (χ3v) is 4.09. The van der Waals surface area contributed by atoms with E-state index in [2.05, 4.69) is 5.32 Å². The lowest BCUT2D eigenvalue weighted by molar-refractivity contribution is -0.538. The Balaban J connectivity index is 0.00000116. The van der Waals surface area contributed by atoms with Gasteiger partial charge in [0.25, 0.3) is 0 Å². The maximum absolute atomic E-state index is 11.5. The molecule has 1 aromatic rings. The summed E-state index contributed by atoms with van der Waals surface area (Å²) in [5.74, 6) is 0.501. The number of quaternary nitrogens is 1. The number of anilines is 1. The summed E-state index contributed by atoms with van der Waals surface area (Å²) in [7, 11) is 3.40. The molecule has 2 rings (SSSR count). The van der Waals surface area contributed by atoms with E-state index >= 15 is 0 Å². The first kappa shape index (κ1) is 18.5. The Kier molecular flexibility index (Phi) is 8.60. The normalized spacial score (nSPS) is 14.7. The van der Waals surface area contributed by atoms with Crippen LogP contribution in [0.15, 0.2) is 18.2 Å². The van der Waals surface area contributed by atoms with Crippen LogP contribution in [-0.4, -0.2) is 26.7 Å². The van der Waals surface area contributed by atoms with Crippen LogP contribution in [0.4, 0.5) is 11.4 Å². The molecule has 22 heavy (non-hydrogen) atoms. The Morgan fingerprint density at radius 3 is 2.55 bits per heavy atom. The fraction of sp³-hybridized carbons (Fsp3) is 0.611. The Morgan fingerprint density at radius 1 is 1.27 bits per heavy atom. The first-order valence-corrected chi connectivity index (χ1v) is 8.50. The zero-order chi connectivity index (χ0) is 16.4. The Hall–Kier alpha value is -1.55. The summed E-state index contributed by atoms with van der Waals surface area (Å²) in [6, 6.07) is 5.68. The highest BCUT2D eigenvalue weighted by Crippen LogP contribution is 2.25. The van der Waals surface area contributed by atoms with E-state index < -0.39 is 0 Å². The standard InChI is InChI=1S/C16H24N2O2.C2H6/c1-17-15-10-13(16(19)20-2)8-9-14(15)18-11-12-6-4-3-5-7-12;1-2/h8-10,12,17-18H,3-7,11H2,1-2H3;1-2H3/p+1.